The van der Waals surface area contributed by atoms with Crippen molar-refractivity contribution >= 4 is 17.3 Å². The molecule has 0 unspecified atom stereocenters. The van der Waals surface area contributed by atoms with Crippen LogP contribution in [0.4, 0.5) is 0 Å². The molecule has 0 aliphatic carbocycles. The minimum atomic E-state index is 0.464. The third-order valence-electron chi connectivity index (χ3n) is 4.43. The summed E-state index contributed by atoms with van der Waals surface area (Å²) in [6.45, 7) is 0.464. The third-order valence-corrected chi connectivity index (χ3v) is 4.43. The Kier molecular flexibility index (Phi) is 4.62. The van der Waals surface area contributed by atoms with Crippen LogP contribution in [0.5, 0.6) is 11.5 Å². The van der Waals surface area contributed by atoms with E-state index in [9.17, 15) is 4.79 Å². The highest BCUT2D eigenvalue weighted by atomic mass is 16.5. The zero-order valence-corrected chi connectivity index (χ0v) is 14.8. The lowest BCUT2D eigenvalue weighted by atomic mass is 10.1. The van der Waals surface area contributed by atoms with Gasteiger partial charge in [0.15, 0.2) is 6.29 Å². The van der Waals surface area contributed by atoms with Crippen molar-refractivity contribution in [3.05, 3.63) is 83.9 Å². The highest BCUT2D eigenvalue weighted by Crippen LogP contribution is 2.37. The molecule has 0 saturated heterocycles. The van der Waals surface area contributed by atoms with Crippen LogP contribution in [0, 0.1) is 0 Å². The Labute approximate surface area is 157 Å². The molecule has 0 spiro atoms. The van der Waals surface area contributed by atoms with Crippen molar-refractivity contribution in [2.24, 2.45) is 0 Å². The number of para-hydroxylation sites is 1. The zero-order chi connectivity index (χ0) is 18.6. The van der Waals surface area contributed by atoms with Crippen LogP contribution in [0.2, 0.25) is 0 Å². The van der Waals surface area contributed by atoms with Gasteiger partial charge in [-0.3, -0.25) is 4.79 Å². The van der Waals surface area contributed by atoms with Gasteiger partial charge in [0, 0.05) is 5.39 Å². The van der Waals surface area contributed by atoms with Gasteiger partial charge in [-0.25, -0.2) is 0 Å². The lowest BCUT2D eigenvalue weighted by molar-refractivity contribution is 0.112. The molecule has 1 aromatic heterocycles. The normalized spacial score (nSPS) is 10.7. The van der Waals surface area contributed by atoms with Crippen molar-refractivity contribution in [3.8, 4) is 22.8 Å². The Bertz CT molecular complexity index is 1080. The van der Waals surface area contributed by atoms with Crippen LogP contribution in [-0.2, 0) is 6.61 Å². The number of aldehydes is 1. The zero-order valence-electron chi connectivity index (χ0n) is 14.8. The van der Waals surface area contributed by atoms with Crippen LogP contribution >= 0.6 is 0 Å². The Morgan fingerprint density at radius 3 is 2.48 bits per heavy atom. The van der Waals surface area contributed by atoms with E-state index in [0.29, 0.717) is 29.3 Å². The van der Waals surface area contributed by atoms with Crippen LogP contribution in [0.25, 0.3) is 22.3 Å². The van der Waals surface area contributed by atoms with Crippen LogP contribution < -0.4 is 9.47 Å². The molecule has 4 rings (SSSR count). The van der Waals surface area contributed by atoms with E-state index >= 15 is 0 Å². The monoisotopic (exact) mass is 358 g/mol. The molecule has 1 heterocycles. The number of fused-ring (bicyclic) bond motifs is 1. The molecular weight excluding hydrogens is 340 g/mol. The molecular formula is C23H18O4. The van der Waals surface area contributed by atoms with Crippen molar-refractivity contribution in [3.63, 3.8) is 0 Å². The van der Waals surface area contributed by atoms with Gasteiger partial charge >= 0.3 is 0 Å². The van der Waals surface area contributed by atoms with Crippen molar-refractivity contribution in [2.75, 3.05) is 7.11 Å². The topological polar surface area (TPSA) is 48.7 Å². The van der Waals surface area contributed by atoms with E-state index in [4.69, 9.17) is 13.9 Å². The summed E-state index contributed by atoms with van der Waals surface area (Å²) in [7, 11) is 1.54. The van der Waals surface area contributed by atoms with Gasteiger partial charge in [-0.15, -0.1) is 0 Å². The van der Waals surface area contributed by atoms with Gasteiger partial charge in [0.25, 0.3) is 0 Å². The molecule has 27 heavy (non-hydrogen) atoms. The Balaban J connectivity index is 1.72. The SMILES string of the molecule is COc1ccc2oc(-c3ccccc3OCc3ccccc3)cc2c1C=O. The van der Waals surface area contributed by atoms with E-state index in [1.807, 2.05) is 60.7 Å². The molecule has 0 bridgehead atoms. The molecule has 0 aliphatic rings. The lowest BCUT2D eigenvalue weighted by Crippen LogP contribution is -1.96. The second-order valence-electron chi connectivity index (χ2n) is 6.09. The van der Waals surface area contributed by atoms with Gasteiger partial charge in [0.1, 0.15) is 29.4 Å². The van der Waals surface area contributed by atoms with Gasteiger partial charge in [0.05, 0.1) is 18.2 Å². The number of rotatable bonds is 6. The van der Waals surface area contributed by atoms with Gasteiger partial charge < -0.3 is 13.9 Å². The standard InChI is InChI=1S/C23H18O4/c1-25-20-11-12-22-18(19(20)14-24)13-23(27-22)17-9-5-6-10-21(17)26-15-16-7-3-2-4-8-16/h2-14H,15H2,1H3. The van der Waals surface area contributed by atoms with Crippen molar-refractivity contribution in [2.45, 2.75) is 6.61 Å². The van der Waals surface area contributed by atoms with Crippen LogP contribution in [0.1, 0.15) is 15.9 Å². The molecule has 0 aliphatic heterocycles. The largest absolute Gasteiger partial charge is 0.496 e. The van der Waals surface area contributed by atoms with Crippen LogP contribution in [0.15, 0.2) is 77.2 Å². The maximum atomic E-state index is 11.5. The fraction of sp³-hybridized carbons (Fsp3) is 0.0870. The number of benzene rings is 3. The summed E-state index contributed by atoms with van der Waals surface area (Å²) in [5.74, 6) is 1.89. The molecule has 4 heteroatoms. The number of carbonyl (C=O) groups excluding carboxylic acids is 1. The molecule has 134 valence electrons. The number of furan rings is 1. The molecule has 0 amide bonds. The smallest absolute Gasteiger partial charge is 0.154 e. The second-order valence-corrected chi connectivity index (χ2v) is 6.09. The van der Waals surface area contributed by atoms with E-state index in [1.54, 1.807) is 19.2 Å². The molecule has 0 radical (unpaired) electrons. The maximum absolute atomic E-state index is 11.5. The molecule has 0 fully saturated rings. The number of methoxy groups -OCH3 is 1. The molecule has 0 atom stereocenters. The summed E-state index contributed by atoms with van der Waals surface area (Å²) in [6, 6.07) is 23.1. The molecule has 0 saturated carbocycles. The summed E-state index contributed by atoms with van der Waals surface area (Å²) in [6.07, 6.45) is 0.790. The maximum Gasteiger partial charge on any atom is 0.154 e. The first kappa shape index (κ1) is 16.9. The fourth-order valence-electron chi connectivity index (χ4n) is 3.08. The average Bonchev–Trinajstić information content (AvgIpc) is 3.16. The Morgan fingerprint density at radius 1 is 0.926 bits per heavy atom. The lowest BCUT2D eigenvalue weighted by Gasteiger charge is -2.10. The van der Waals surface area contributed by atoms with E-state index in [0.717, 1.165) is 28.5 Å². The summed E-state index contributed by atoms with van der Waals surface area (Å²) >= 11 is 0. The van der Waals surface area contributed by atoms with E-state index < -0.39 is 0 Å². The Morgan fingerprint density at radius 2 is 1.70 bits per heavy atom. The quantitative estimate of drug-likeness (QED) is 0.427. The van der Waals surface area contributed by atoms with Crippen molar-refractivity contribution in [1.29, 1.82) is 0 Å². The van der Waals surface area contributed by atoms with Crippen LogP contribution in [-0.4, -0.2) is 13.4 Å². The van der Waals surface area contributed by atoms with Crippen molar-refractivity contribution in [1.82, 2.24) is 0 Å². The summed E-state index contributed by atoms with van der Waals surface area (Å²) < 4.78 is 17.3. The number of hydrogen-bond acceptors (Lipinski definition) is 4. The van der Waals surface area contributed by atoms with Gasteiger partial charge in [-0.1, -0.05) is 42.5 Å². The van der Waals surface area contributed by atoms with Gasteiger partial charge in [-0.05, 0) is 35.9 Å². The first-order chi connectivity index (χ1) is 13.3. The number of ether oxygens (including phenoxy) is 2. The summed E-state index contributed by atoms with van der Waals surface area (Å²) in [5.41, 5.74) is 3.03. The molecule has 4 nitrogen and oxygen atoms in total. The number of hydrogen-bond donors (Lipinski definition) is 0. The highest BCUT2D eigenvalue weighted by molar-refractivity contribution is 6.00. The summed E-state index contributed by atoms with van der Waals surface area (Å²) in [5, 5.41) is 0.720. The predicted octanol–water partition coefficient (Wildman–Crippen LogP) is 5.50. The minimum absolute atomic E-state index is 0.464. The highest BCUT2D eigenvalue weighted by Gasteiger charge is 2.16. The van der Waals surface area contributed by atoms with Gasteiger partial charge in [0.2, 0.25) is 0 Å². The van der Waals surface area contributed by atoms with E-state index in [2.05, 4.69) is 0 Å². The summed E-state index contributed by atoms with van der Waals surface area (Å²) in [4.78, 5) is 11.5. The first-order valence-electron chi connectivity index (χ1n) is 8.62. The average molecular weight is 358 g/mol. The third kappa shape index (κ3) is 3.29. The molecule has 3 aromatic carbocycles. The predicted molar refractivity (Wildman–Crippen MR) is 104 cm³/mol. The van der Waals surface area contributed by atoms with E-state index in [1.165, 1.54) is 0 Å². The van der Waals surface area contributed by atoms with Crippen molar-refractivity contribution < 1.29 is 18.7 Å². The van der Waals surface area contributed by atoms with Crippen LogP contribution in [0.3, 0.4) is 0 Å². The van der Waals surface area contributed by atoms with Gasteiger partial charge in [-0.2, -0.15) is 0 Å². The first-order valence-corrected chi connectivity index (χ1v) is 8.62. The minimum Gasteiger partial charge on any atom is -0.496 e. The number of carbonyl (C=O) groups is 1. The van der Waals surface area contributed by atoms with E-state index in [-0.39, 0.29) is 0 Å². The second kappa shape index (κ2) is 7.38. The molecule has 0 N–H and O–H groups in total. The Hall–Kier alpha value is -3.53. The molecule has 4 aromatic rings. The fourth-order valence-corrected chi connectivity index (χ4v) is 3.08.